The Morgan fingerprint density at radius 2 is 1.68 bits per heavy atom. The molecule has 0 aliphatic carbocycles. The molecule has 1 N–H and O–H groups in total. The Labute approximate surface area is 185 Å². The number of methoxy groups -OCH3 is 2. The molecule has 2 aromatic rings. The van der Waals surface area contributed by atoms with E-state index in [2.05, 4.69) is 44.4 Å². The van der Waals surface area contributed by atoms with Crippen molar-refractivity contribution < 1.29 is 14.2 Å². The van der Waals surface area contributed by atoms with Crippen LogP contribution in [0, 0.1) is 0 Å². The van der Waals surface area contributed by atoms with Crippen molar-refractivity contribution in [2.75, 3.05) is 60.6 Å². The molecule has 0 unspecified atom stereocenters. The van der Waals surface area contributed by atoms with Crippen LogP contribution in [0.1, 0.15) is 11.1 Å². The standard InChI is InChI=1S/C24H34N4O3/c1-25-24(26-11-16-31-19-20-7-5-4-6-8-20)28-14-12-27(13-15-28)18-21-9-10-22(29-2)23(17-21)30-3/h4-10,17H,11-16,18-19H2,1-3H3,(H,25,26). The van der Waals surface area contributed by atoms with Gasteiger partial charge in [-0.3, -0.25) is 9.89 Å². The van der Waals surface area contributed by atoms with Crippen molar-refractivity contribution in [1.29, 1.82) is 0 Å². The fourth-order valence-corrected chi connectivity index (χ4v) is 3.69. The smallest absolute Gasteiger partial charge is 0.193 e. The van der Waals surface area contributed by atoms with E-state index in [4.69, 9.17) is 14.2 Å². The van der Waals surface area contributed by atoms with E-state index in [0.29, 0.717) is 13.2 Å². The molecule has 1 heterocycles. The highest BCUT2D eigenvalue weighted by atomic mass is 16.5. The first-order chi connectivity index (χ1) is 15.2. The second kappa shape index (κ2) is 12.2. The summed E-state index contributed by atoms with van der Waals surface area (Å²) in [5, 5.41) is 3.42. The molecule has 3 rings (SSSR count). The van der Waals surface area contributed by atoms with Gasteiger partial charge in [0.15, 0.2) is 17.5 Å². The van der Waals surface area contributed by atoms with E-state index in [1.807, 2.05) is 31.3 Å². The second-order valence-electron chi connectivity index (χ2n) is 7.46. The third-order valence-corrected chi connectivity index (χ3v) is 5.38. The topological polar surface area (TPSA) is 58.6 Å². The molecular formula is C24H34N4O3. The maximum absolute atomic E-state index is 5.76. The molecule has 0 atom stereocenters. The summed E-state index contributed by atoms with van der Waals surface area (Å²) in [4.78, 5) is 9.21. The zero-order valence-corrected chi connectivity index (χ0v) is 18.8. The van der Waals surface area contributed by atoms with E-state index in [1.54, 1.807) is 14.2 Å². The Balaban J connectivity index is 1.38. The fourth-order valence-electron chi connectivity index (χ4n) is 3.69. The molecule has 0 radical (unpaired) electrons. The van der Waals surface area contributed by atoms with Crippen LogP contribution < -0.4 is 14.8 Å². The summed E-state index contributed by atoms with van der Waals surface area (Å²) in [5.74, 6) is 2.48. The molecule has 168 valence electrons. The van der Waals surface area contributed by atoms with Crippen LogP contribution >= 0.6 is 0 Å². The van der Waals surface area contributed by atoms with Crippen molar-refractivity contribution in [1.82, 2.24) is 15.1 Å². The lowest BCUT2D eigenvalue weighted by Gasteiger charge is -2.36. The quantitative estimate of drug-likeness (QED) is 0.378. The van der Waals surface area contributed by atoms with Gasteiger partial charge in [-0.2, -0.15) is 0 Å². The summed E-state index contributed by atoms with van der Waals surface area (Å²) in [7, 11) is 5.17. The molecule has 0 saturated carbocycles. The van der Waals surface area contributed by atoms with E-state index in [9.17, 15) is 0 Å². The van der Waals surface area contributed by atoms with Crippen molar-refractivity contribution >= 4 is 5.96 Å². The average Bonchev–Trinajstić information content (AvgIpc) is 2.82. The first-order valence-corrected chi connectivity index (χ1v) is 10.7. The van der Waals surface area contributed by atoms with Crippen LogP contribution in [0.4, 0.5) is 0 Å². The van der Waals surface area contributed by atoms with Crippen LogP contribution in [0.3, 0.4) is 0 Å². The van der Waals surface area contributed by atoms with Gasteiger partial charge in [0, 0.05) is 46.3 Å². The SMILES string of the molecule is CN=C(NCCOCc1ccccc1)N1CCN(Cc2ccc(OC)c(OC)c2)CC1. The average molecular weight is 427 g/mol. The molecule has 31 heavy (non-hydrogen) atoms. The summed E-state index contributed by atoms with van der Waals surface area (Å²) in [5.41, 5.74) is 2.42. The molecule has 1 saturated heterocycles. The minimum Gasteiger partial charge on any atom is -0.493 e. The third kappa shape index (κ3) is 6.87. The number of hydrogen-bond acceptors (Lipinski definition) is 5. The van der Waals surface area contributed by atoms with Gasteiger partial charge < -0.3 is 24.4 Å². The number of guanidine groups is 1. The van der Waals surface area contributed by atoms with E-state index in [0.717, 1.165) is 56.7 Å². The van der Waals surface area contributed by atoms with Crippen LogP contribution in [0.25, 0.3) is 0 Å². The van der Waals surface area contributed by atoms with Crippen LogP contribution in [0.5, 0.6) is 11.5 Å². The Hall–Kier alpha value is -2.77. The van der Waals surface area contributed by atoms with Gasteiger partial charge in [0.05, 0.1) is 27.4 Å². The van der Waals surface area contributed by atoms with E-state index in [-0.39, 0.29) is 0 Å². The van der Waals surface area contributed by atoms with Crippen molar-refractivity contribution in [3.63, 3.8) is 0 Å². The molecular weight excluding hydrogens is 392 g/mol. The maximum atomic E-state index is 5.76. The van der Waals surface area contributed by atoms with Gasteiger partial charge in [0.1, 0.15) is 0 Å². The number of piperazine rings is 1. The predicted octanol–water partition coefficient (Wildman–Crippen LogP) is 2.61. The Bertz CT molecular complexity index is 821. The summed E-state index contributed by atoms with van der Waals surface area (Å²) in [6.45, 7) is 6.77. The summed E-state index contributed by atoms with van der Waals surface area (Å²) < 4.78 is 16.5. The largest absolute Gasteiger partial charge is 0.493 e. The highest BCUT2D eigenvalue weighted by Gasteiger charge is 2.20. The maximum Gasteiger partial charge on any atom is 0.193 e. The van der Waals surface area contributed by atoms with Gasteiger partial charge in [-0.1, -0.05) is 36.4 Å². The van der Waals surface area contributed by atoms with Crippen molar-refractivity contribution in [2.24, 2.45) is 4.99 Å². The van der Waals surface area contributed by atoms with Gasteiger partial charge in [-0.15, -0.1) is 0 Å². The monoisotopic (exact) mass is 426 g/mol. The zero-order valence-electron chi connectivity index (χ0n) is 18.8. The number of nitrogens with zero attached hydrogens (tertiary/aromatic N) is 3. The Morgan fingerprint density at radius 3 is 2.35 bits per heavy atom. The second-order valence-corrected chi connectivity index (χ2v) is 7.46. The molecule has 0 amide bonds. The van der Waals surface area contributed by atoms with Gasteiger partial charge in [-0.05, 0) is 23.3 Å². The molecule has 7 heteroatoms. The molecule has 2 aromatic carbocycles. The third-order valence-electron chi connectivity index (χ3n) is 5.38. The molecule has 0 spiro atoms. The number of nitrogens with one attached hydrogen (secondary N) is 1. The molecule has 0 aromatic heterocycles. The van der Waals surface area contributed by atoms with Gasteiger partial charge >= 0.3 is 0 Å². The van der Waals surface area contributed by atoms with E-state index >= 15 is 0 Å². The number of benzene rings is 2. The van der Waals surface area contributed by atoms with Crippen LogP contribution in [0.2, 0.25) is 0 Å². The van der Waals surface area contributed by atoms with Crippen molar-refractivity contribution in [3.8, 4) is 11.5 Å². The summed E-state index contributed by atoms with van der Waals surface area (Å²) >= 11 is 0. The van der Waals surface area contributed by atoms with Crippen LogP contribution in [-0.2, 0) is 17.9 Å². The summed E-state index contributed by atoms with van der Waals surface area (Å²) in [6, 6.07) is 16.4. The fraction of sp³-hybridized carbons (Fsp3) is 0.458. The first-order valence-electron chi connectivity index (χ1n) is 10.7. The highest BCUT2D eigenvalue weighted by Crippen LogP contribution is 2.28. The summed E-state index contributed by atoms with van der Waals surface area (Å²) in [6.07, 6.45) is 0. The lowest BCUT2D eigenvalue weighted by molar-refractivity contribution is 0.124. The van der Waals surface area contributed by atoms with E-state index < -0.39 is 0 Å². The number of rotatable bonds is 9. The van der Waals surface area contributed by atoms with E-state index in [1.165, 1.54) is 11.1 Å². The molecule has 7 nitrogen and oxygen atoms in total. The Morgan fingerprint density at radius 1 is 0.935 bits per heavy atom. The Kier molecular flexibility index (Phi) is 8.99. The van der Waals surface area contributed by atoms with Crippen molar-refractivity contribution in [3.05, 3.63) is 59.7 Å². The van der Waals surface area contributed by atoms with Crippen molar-refractivity contribution in [2.45, 2.75) is 13.2 Å². The number of ether oxygens (including phenoxy) is 3. The molecule has 1 fully saturated rings. The number of aliphatic imine (C=N–C) groups is 1. The van der Waals surface area contributed by atoms with Crippen LogP contribution in [-0.4, -0.2) is 76.4 Å². The van der Waals surface area contributed by atoms with Gasteiger partial charge in [0.25, 0.3) is 0 Å². The predicted molar refractivity (Wildman–Crippen MR) is 124 cm³/mol. The highest BCUT2D eigenvalue weighted by molar-refractivity contribution is 5.80. The van der Waals surface area contributed by atoms with Crippen LogP contribution in [0.15, 0.2) is 53.5 Å². The molecule has 1 aliphatic heterocycles. The normalized spacial score (nSPS) is 15.1. The molecule has 0 bridgehead atoms. The molecule has 1 aliphatic rings. The number of hydrogen-bond donors (Lipinski definition) is 1. The lowest BCUT2D eigenvalue weighted by Crippen LogP contribution is -2.52. The minimum atomic E-state index is 0.635. The van der Waals surface area contributed by atoms with Gasteiger partial charge in [0.2, 0.25) is 0 Å². The lowest BCUT2D eigenvalue weighted by atomic mass is 10.1. The first kappa shape index (κ1) is 22.9. The van der Waals surface area contributed by atoms with Gasteiger partial charge in [-0.25, -0.2) is 0 Å². The minimum absolute atomic E-state index is 0.635. The zero-order chi connectivity index (χ0) is 21.9.